The number of ether oxygens (including phenoxy) is 2. The van der Waals surface area contributed by atoms with E-state index >= 15 is 0 Å². The van der Waals surface area contributed by atoms with E-state index in [1.165, 1.54) is 83.5 Å². The molecule has 0 N–H and O–H groups in total. The van der Waals surface area contributed by atoms with Gasteiger partial charge in [-0.05, 0) is 66.1 Å². The Labute approximate surface area is 252 Å². The van der Waals surface area contributed by atoms with Crippen LogP contribution in [0.3, 0.4) is 0 Å². The van der Waals surface area contributed by atoms with Gasteiger partial charge in [-0.1, -0.05) is 115 Å². The molecule has 0 fully saturated rings. The van der Waals surface area contributed by atoms with Gasteiger partial charge in [0.1, 0.15) is 11.5 Å². The van der Waals surface area contributed by atoms with Crippen LogP contribution in [-0.4, -0.2) is 23.9 Å². The van der Waals surface area contributed by atoms with Crippen molar-refractivity contribution in [3.8, 4) is 45.5 Å². The van der Waals surface area contributed by atoms with E-state index in [-0.39, 0.29) is 0 Å². The Morgan fingerprint density at radius 3 is 1.33 bits per heavy atom. The lowest BCUT2D eigenvalue weighted by atomic mass is 10.0. The highest BCUT2D eigenvalue weighted by molar-refractivity contribution is 5.68. The summed E-state index contributed by atoms with van der Waals surface area (Å²) < 4.78 is 17.2. The third-order valence-electron chi connectivity index (χ3n) is 7.85. The molecule has 5 nitrogen and oxygen atoms in total. The van der Waals surface area contributed by atoms with Gasteiger partial charge in [-0.2, -0.15) is 0 Å². The van der Waals surface area contributed by atoms with Crippen LogP contribution in [0.1, 0.15) is 96.8 Å². The van der Waals surface area contributed by atoms with Crippen LogP contribution in [0.4, 0.5) is 0 Å². The highest BCUT2D eigenvalue weighted by Gasteiger charge is 2.11. The van der Waals surface area contributed by atoms with Crippen LogP contribution in [-0.2, 0) is 0 Å². The van der Waals surface area contributed by atoms with Crippen molar-refractivity contribution in [3.05, 3.63) is 72.8 Å². The lowest BCUT2D eigenvalue weighted by molar-refractivity contribution is 0.304. The minimum absolute atomic E-state index is 0.503. The van der Waals surface area contributed by atoms with Gasteiger partial charge in [0.25, 0.3) is 0 Å². The summed E-state index contributed by atoms with van der Waals surface area (Å²) in [4.78, 5) is 0. The van der Waals surface area contributed by atoms with Gasteiger partial charge in [-0.25, -0.2) is 0 Å². The SMILES string of the molecule is CCCCCCCCCCCCCCCCOc1ccc(-c2nnc(-c3ccc(-c4ccc(OC)cc4)cc3)o2)cc1. The van der Waals surface area contributed by atoms with E-state index in [0.29, 0.717) is 11.8 Å². The standard InChI is InChI=1S/C37H48N2O3/c1-3-4-5-6-7-8-9-10-11-12-13-14-15-16-29-41-35-27-23-33(24-28-35)37-39-38-36(42-37)32-19-17-30(18-20-32)31-21-25-34(40-2)26-22-31/h17-28H,3-16,29H2,1-2H3. The normalized spacial score (nSPS) is 11.1. The quantitative estimate of drug-likeness (QED) is 0.0992. The van der Waals surface area contributed by atoms with Gasteiger partial charge in [0.2, 0.25) is 11.8 Å². The number of methoxy groups -OCH3 is 1. The fourth-order valence-corrected chi connectivity index (χ4v) is 5.23. The fourth-order valence-electron chi connectivity index (χ4n) is 5.23. The molecular formula is C37H48N2O3. The topological polar surface area (TPSA) is 57.4 Å². The smallest absolute Gasteiger partial charge is 0.248 e. The summed E-state index contributed by atoms with van der Waals surface area (Å²) in [6.45, 7) is 3.04. The molecule has 3 aromatic carbocycles. The molecule has 1 heterocycles. The van der Waals surface area contributed by atoms with Gasteiger partial charge in [0, 0.05) is 11.1 Å². The van der Waals surface area contributed by atoms with E-state index in [2.05, 4.69) is 29.3 Å². The Bertz CT molecular complexity index is 1260. The Balaban J connectivity index is 1.10. The number of aromatic nitrogens is 2. The molecule has 0 unspecified atom stereocenters. The number of unbranched alkanes of at least 4 members (excludes halogenated alkanes) is 13. The van der Waals surface area contributed by atoms with E-state index in [1.807, 2.05) is 60.7 Å². The Morgan fingerprint density at radius 1 is 0.476 bits per heavy atom. The Kier molecular flexibility index (Phi) is 13.5. The van der Waals surface area contributed by atoms with Crippen molar-refractivity contribution in [2.75, 3.05) is 13.7 Å². The maximum absolute atomic E-state index is 5.98. The molecule has 0 saturated heterocycles. The predicted octanol–water partition coefficient (Wildman–Crippen LogP) is 10.9. The number of rotatable bonds is 20. The van der Waals surface area contributed by atoms with Crippen molar-refractivity contribution in [1.29, 1.82) is 0 Å². The van der Waals surface area contributed by atoms with Crippen molar-refractivity contribution in [3.63, 3.8) is 0 Å². The van der Waals surface area contributed by atoms with Crippen molar-refractivity contribution in [1.82, 2.24) is 10.2 Å². The van der Waals surface area contributed by atoms with Gasteiger partial charge in [0.15, 0.2) is 0 Å². The zero-order valence-electron chi connectivity index (χ0n) is 25.7. The van der Waals surface area contributed by atoms with Crippen LogP contribution < -0.4 is 9.47 Å². The zero-order chi connectivity index (χ0) is 29.2. The number of hydrogen-bond acceptors (Lipinski definition) is 5. The van der Waals surface area contributed by atoms with Crippen LogP contribution in [0.2, 0.25) is 0 Å². The average Bonchev–Trinajstić information content (AvgIpc) is 3.54. The van der Waals surface area contributed by atoms with E-state index < -0.39 is 0 Å². The lowest BCUT2D eigenvalue weighted by Gasteiger charge is -2.07. The summed E-state index contributed by atoms with van der Waals surface area (Å²) in [6.07, 6.45) is 19.1. The fraction of sp³-hybridized carbons (Fsp3) is 0.459. The molecule has 224 valence electrons. The molecule has 4 rings (SSSR count). The largest absolute Gasteiger partial charge is 0.497 e. The first-order chi connectivity index (χ1) is 20.8. The second-order valence-electron chi connectivity index (χ2n) is 11.2. The predicted molar refractivity (Wildman–Crippen MR) is 173 cm³/mol. The molecule has 5 heteroatoms. The first-order valence-electron chi connectivity index (χ1n) is 16.1. The molecule has 0 aliphatic heterocycles. The summed E-state index contributed by atoms with van der Waals surface area (Å²) in [5, 5.41) is 8.53. The van der Waals surface area contributed by atoms with Crippen LogP contribution in [0, 0.1) is 0 Å². The molecule has 0 amide bonds. The minimum Gasteiger partial charge on any atom is -0.497 e. The average molecular weight is 569 g/mol. The highest BCUT2D eigenvalue weighted by Crippen LogP contribution is 2.28. The molecule has 0 aliphatic rings. The molecule has 0 saturated carbocycles. The second-order valence-corrected chi connectivity index (χ2v) is 11.2. The van der Waals surface area contributed by atoms with Crippen LogP contribution in [0.25, 0.3) is 34.0 Å². The molecule has 0 spiro atoms. The van der Waals surface area contributed by atoms with E-state index in [4.69, 9.17) is 13.9 Å². The van der Waals surface area contributed by atoms with Gasteiger partial charge in [-0.15, -0.1) is 10.2 Å². The van der Waals surface area contributed by atoms with E-state index in [0.717, 1.165) is 46.8 Å². The minimum atomic E-state index is 0.503. The van der Waals surface area contributed by atoms with Gasteiger partial charge < -0.3 is 13.9 Å². The second kappa shape index (κ2) is 18.0. The monoisotopic (exact) mass is 568 g/mol. The molecule has 0 aliphatic carbocycles. The molecule has 1 aromatic heterocycles. The van der Waals surface area contributed by atoms with E-state index in [9.17, 15) is 0 Å². The third-order valence-corrected chi connectivity index (χ3v) is 7.85. The summed E-state index contributed by atoms with van der Waals surface area (Å²) in [6, 6.07) is 24.1. The van der Waals surface area contributed by atoms with Crippen LogP contribution >= 0.6 is 0 Å². The number of hydrogen-bond donors (Lipinski definition) is 0. The maximum Gasteiger partial charge on any atom is 0.248 e. The van der Waals surface area contributed by atoms with Crippen molar-refractivity contribution in [2.45, 2.75) is 96.8 Å². The van der Waals surface area contributed by atoms with Gasteiger partial charge in [-0.3, -0.25) is 0 Å². The first kappa shape index (κ1) is 31.3. The number of benzene rings is 3. The molecule has 0 atom stereocenters. The van der Waals surface area contributed by atoms with Crippen LogP contribution in [0.5, 0.6) is 11.5 Å². The summed E-state index contributed by atoms with van der Waals surface area (Å²) in [7, 11) is 1.67. The molecular weight excluding hydrogens is 520 g/mol. The molecule has 42 heavy (non-hydrogen) atoms. The van der Waals surface area contributed by atoms with Crippen molar-refractivity contribution in [2.24, 2.45) is 0 Å². The highest BCUT2D eigenvalue weighted by atomic mass is 16.5. The molecule has 4 aromatic rings. The maximum atomic E-state index is 5.98. The van der Waals surface area contributed by atoms with Crippen molar-refractivity contribution < 1.29 is 13.9 Å². The Hall–Kier alpha value is -3.60. The van der Waals surface area contributed by atoms with Gasteiger partial charge in [0.05, 0.1) is 13.7 Å². The third kappa shape index (κ3) is 10.3. The zero-order valence-corrected chi connectivity index (χ0v) is 25.7. The number of nitrogens with zero attached hydrogens (tertiary/aromatic N) is 2. The Morgan fingerprint density at radius 2 is 0.857 bits per heavy atom. The summed E-state index contributed by atoms with van der Waals surface area (Å²) >= 11 is 0. The lowest BCUT2D eigenvalue weighted by Crippen LogP contribution is -1.97. The molecule has 0 radical (unpaired) electrons. The summed E-state index contributed by atoms with van der Waals surface area (Å²) in [5.74, 6) is 2.73. The van der Waals surface area contributed by atoms with Crippen LogP contribution in [0.15, 0.2) is 77.2 Å². The van der Waals surface area contributed by atoms with Gasteiger partial charge >= 0.3 is 0 Å². The molecule has 0 bridgehead atoms. The van der Waals surface area contributed by atoms with E-state index in [1.54, 1.807) is 7.11 Å². The summed E-state index contributed by atoms with van der Waals surface area (Å²) in [5.41, 5.74) is 4.01. The first-order valence-corrected chi connectivity index (χ1v) is 16.1. The van der Waals surface area contributed by atoms with Crippen molar-refractivity contribution >= 4 is 0 Å².